The maximum Gasteiger partial charge on any atom is 0.119 e. The maximum absolute atomic E-state index is 6.04. The lowest BCUT2D eigenvalue weighted by Crippen LogP contribution is -2.37. The molecule has 1 saturated heterocycles. The number of benzene rings is 2. The summed E-state index contributed by atoms with van der Waals surface area (Å²) in [5, 5.41) is 0. The molecule has 0 N–H and O–H groups in total. The van der Waals surface area contributed by atoms with Crippen molar-refractivity contribution in [2.24, 2.45) is 0 Å². The first kappa shape index (κ1) is 18.2. The summed E-state index contributed by atoms with van der Waals surface area (Å²) in [5.41, 5.74) is 4.12. The van der Waals surface area contributed by atoms with Crippen molar-refractivity contribution in [3.8, 4) is 5.75 Å². The fraction of sp³-hybridized carbons (Fsp3) is 0.429. The van der Waals surface area contributed by atoms with E-state index in [2.05, 4.69) is 47.4 Å². The van der Waals surface area contributed by atoms with Crippen LogP contribution in [0.15, 0.2) is 48.5 Å². The minimum Gasteiger partial charge on any atom is -0.497 e. The van der Waals surface area contributed by atoms with Crippen LogP contribution in [-0.4, -0.2) is 31.6 Å². The molecule has 3 nitrogen and oxygen atoms in total. The van der Waals surface area contributed by atoms with Gasteiger partial charge in [-0.1, -0.05) is 36.4 Å². The monoisotopic (exact) mass is 359 g/mol. The third-order valence-corrected chi connectivity index (χ3v) is 5.34. The molecule has 0 aliphatic carbocycles. The Bertz CT molecular complexity index is 706. The molecule has 2 atom stereocenters. The number of rotatable bonds is 4. The van der Waals surface area contributed by atoms with Gasteiger partial charge in [0.2, 0.25) is 0 Å². The lowest BCUT2D eigenvalue weighted by atomic mass is 9.90. The number of hydrogen-bond acceptors (Lipinski definition) is 3. The van der Waals surface area contributed by atoms with Crippen LogP contribution >= 0.6 is 12.4 Å². The summed E-state index contributed by atoms with van der Waals surface area (Å²) in [6.07, 6.45) is 2.73. The van der Waals surface area contributed by atoms with E-state index in [4.69, 9.17) is 9.47 Å². The molecule has 2 unspecified atom stereocenters. The van der Waals surface area contributed by atoms with Crippen molar-refractivity contribution in [2.75, 3.05) is 26.7 Å². The Labute approximate surface area is 156 Å². The normalized spacial score (nSPS) is 22.9. The molecule has 2 aliphatic rings. The van der Waals surface area contributed by atoms with Gasteiger partial charge in [0, 0.05) is 13.1 Å². The summed E-state index contributed by atoms with van der Waals surface area (Å²) < 4.78 is 11.4. The van der Waals surface area contributed by atoms with Gasteiger partial charge in [0.05, 0.1) is 19.8 Å². The van der Waals surface area contributed by atoms with E-state index in [-0.39, 0.29) is 18.5 Å². The minimum atomic E-state index is 0. The van der Waals surface area contributed by atoms with Gasteiger partial charge in [0.25, 0.3) is 0 Å². The highest BCUT2D eigenvalue weighted by Gasteiger charge is 2.28. The third kappa shape index (κ3) is 4.00. The van der Waals surface area contributed by atoms with E-state index in [1.54, 1.807) is 7.11 Å². The zero-order valence-electron chi connectivity index (χ0n) is 14.7. The van der Waals surface area contributed by atoms with Crippen molar-refractivity contribution in [3.63, 3.8) is 0 Å². The molecule has 134 valence electrons. The van der Waals surface area contributed by atoms with Crippen LogP contribution in [0.3, 0.4) is 0 Å². The molecule has 1 fully saturated rings. The standard InChI is InChI=1S/C21H25NO2.ClH/c1-23-19-9-4-7-16(12-19)17-8-5-11-22(13-17)14-21-20-10-3-2-6-18(20)15-24-21;/h2-4,6-7,9-10,12,17,21H,5,8,11,13-15H2,1H3;1H. The summed E-state index contributed by atoms with van der Waals surface area (Å²) in [7, 11) is 1.74. The van der Waals surface area contributed by atoms with Crippen molar-refractivity contribution in [3.05, 3.63) is 65.2 Å². The third-order valence-electron chi connectivity index (χ3n) is 5.34. The summed E-state index contributed by atoms with van der Waals surface area (Å²) in [5.74, 6) is 1.54. The number of fused-ring (bicyclic) bond motifs is 1. The van der Waals surface area contributed by atoms with Crippen molar-refractivity contribution in [1.82, 2.24) is 4.90 Å². The van der Waals surface area contributed by atoms with Crippen molar-refractivity contribution >= 4 is 12.4 Å². The van der Waals surface area contributed by atoms with Gasteiger partial charge >= 0.3 is 0 Å². The molecule has 0 amide bonds. The maximum atomic E-state index is 6.04. The predicted molar refractivity (Wildman–Crippen MR) is 103 cm³/mol. The Morgan fingerprint density at radius 3 is 2.92 bits per heavy atom. The van der Waals surface area contributed by atoms with Crippen LogP contribution in [-0.2, 0) is 11.3 Å². The molecule has 25 heavy (non-hydrogen) atoms. The van der Waals surface area contributed by atoms with Crippen LogP contribution in [0.4, 0.5) is 0 Å². The first-order valence-electron chi connectivity index (χ1n) is 8.89. The zero-order valence-corrected chi connectivity index (χ0v) is 15.5. The van der Waals surface area contributed by atoms with Gasteiger partial charge in [0.1, 0.15) is 5.75 Å². The van der Waals surface area contributed by atoms with E-state index in [1.807, 2.05) is 6.07 Å². The van der Waals surface area contributed by atoms with Gasteiger partial charge in [-0.2, -0.15) is 0 Å². The second-order valence-corrected chi connectivity index (χ2v) is 6.87. The molecular formula is C21H26ClNO2. The first-order valence-corrected chi connectivity index (χ1v) is 8.89. The highest BCUT2D eigenvalue weighted by atomic mass is 35.5. The summed E-state index contributed by atoms with van der Waals surface area (Å²) in [4.78, 5) is 2.57. The fourth-order valence-electron chi connectivity index (χ4n) is 4.03. The second-order valence-electron chi connectivity index (χ2n) is 6.87. The quantitative estimate of drug-likeness (QED) is 0.798. The second kappa shape index (κ2) is 8.22. The van der Waals surface area contributed by atoms with Crippen LogP contribution in [0.5, 0.6) is 5.75 Å². The van der Waals surface area contributed by atoms with Crippen molar-refractivity contribution in [1.29, 1.82) is 0 Å². The number of likely N-dealkylation sites (tertiary alicyclic amines) is 1. The van der Waals surface area contributed by atoms with Gasteiger partial charge < -0.3 is 9.47 Å². The number of hydrogen-bond donors (Lipinski definition) is 0. The van der Waals surface area contributed by atoms with Gasteiger partial charge in [-0.25, -0.2) is 0 Å². The van der Waals surface area contributed by atoms with Crippen molar-refractivity contribution in [2.45, 2.75) is 31.5 Å². The first-order chi connectivity index (χ1) is 11.8. The Morgan fingerprint density at radius 2 is 2.04 bits per heavy atom. The molecule has 4 heteroatoms. The van der Waals surface area contributed by atoms with E-state index in [0.717, 1.165) is 25.4 Å². The lowest BCUT2D eigenvalue weighted by Gasteiger charge is -2.34. The Hall–Kier alpha value is -1.55. The smallest absolute Gasteiger partial charge is 0.119 e. The molecule has 0 radical (unpaired) electrons. The number of methoxy groups -OCH3 is 1. The fourth-order valence-corrected chi connectivity index (χ4v) is 4.03. The molecular weight excluding hydrogens is 334 g/mol. The molecule has 2 aromatic rings. The van der Waals surface area contributed by atoms with Crippen LogP contribution in [0.25, 0.3) is 0 Å². The highest BCUT2D eigenvalue weighted by Crippen LogP contribution is 2.34. The molecule has 0 spiro atoms. The van der Waals surface area contributed by atoms with Crippen molar-refractivity contribution < 1.29 is 9.47 Å². The van der Waals surface area contributed by atoms with Crippen LogP contribution in [0, 0.1) is 0 Å². The SMILES string of the molecule is COc1cccc(C2CCCN(CC3OCc4ccccc43)C2)c1.Cl. The van der Waals surface area contributed by atoms with E-state index in [9.17, 15) is 0 Å². The highest BCUT2D eigenvalue weighted by molar-refractivity contribution is 5.85. The molecule has 0 saturated carbocycles. The summed E-state index contributed by atoms with van der Waals surface area (Å²) >= 11 is 0. The number of nitrogens with zero attached hydrogens (tertiary/aromatic N) is 1. The Morgan fingerprint density at radius 1 is 1.16 bits per heavy atom. The number of piperidine rings is 1. The van der Waals surface area contributed by atoms with Crippen LogP contribution in [0.1, 0.15) is 41.6 Å². The predicted octanol–water partition coefficient (Wildman–Crippen LogP) is 4.57. The Kier molecular flexibility index (Phi) is 6.00. The van der Waals surface area contributed by atoms with Crippen LogP contribution < -0.4 is 4.74 Å². The van der Waals surface area contributed by atoms with E-state index in [1.165, 1.54) is 36.1 Å². The average molecular weight is 360 g/mol. The van der Waals surface area contributed by atoms with E-state index in [0.29, 0.717) is 5.92 Å². The topological polar surface area (TPSA) is 21.7 Å². The van der Waals surface area contributed by atoms with Gasteiger partial charge in [0.15, 0.2) is 0 Å². The molecule has 0 aromatic heterocycles. The average Bonchev–Trinajstić information content (AvgIpc) is 3.05. The largest absolute Gasteiger partial charge is 0.497 e. The molecule has 2 heterocycles. The minimum absolute atomic E-state index is 0. The summed E-state index contributed by atoms with van der Waals surface area (Å²) in [6.45, 7) is 4.03. The molecule has 2 aliphatic heterocycles. The van der Waals surface area contributed by atoms with Crippen LogP contribution in [0.2, 0.25) is 0 Å². The number of halogens is 1. The molecule has 2 aromatic carbocycles. The van der Waals surface area contributed by atoms with Gasteiger partial charge in [-0.05, 0) is 54.1 Å². The Balaban J connectivity index is 0.00000182. The molecule has 0 bridgehead atoms. The molecule has 4 rings (SSSR count). The summed E-state index contributed by atoms with van der Waals surface area (Å²) in [6, 6.07) is 17.2. The zero-order chi connectivity index (χ0) is 16.4. The van der Waals surface area contributed by atoms with E-state index >= 15 is 0 Å². The van der Waals surface area contributed by atoms with Gasteiger partial charge in [-0.3, -0.25) is 4.90 Å². The lowest BCUT2D eigenvalue weighted by molar-refractivity contribution is 0.0296. The van der Waals surface area contributed by atoms with E-state index < -0.39 is 0 Å². The van der Waals surface area contributed by atoms with Gasteiger partial charge in [-0.15, -0.1) is 12.4 Å². The number of ether oxygens (including phenoxy) is 2.